The lowest BCUT2D eigenvalue weighted by molar-refractivity contribution is 0.630. The normalized spacial score (nSPS) is 12.4. The molecule has 0 bridgehead atoms. The quantitative estimate of drug-likeness (QED) is 0.412. The van der Waals surface area contributed by atoms with Crippen LogP contribution in [0.2, 0.25) is 0 Å². The number of aliphatic imine (C=N–C) groups is 2. The Morgan fingerprint density at radius 1 is 1.55 bits per heavy atom. The van der Waals surface area contributed by atoms with E-state index in [1.165, 1.54) is 0 Å². The van der Waals surface area contributed by atoms with Crippen LogP contribution >= 0.6 is 0 Å². The number of nitrogen functional groups attached to an aromatic ring is 1. The molecule has 0 aliphatic heterocycles. The number of benzene rings is 1. The maximum atomic E-state index is 13.3. The average molecular weight is 276 g/mol. The Balaban J connectivity index is 2.66. The first-order chi connectivity index (χ1) is 9.56. The summed E-state index contributed by atoms with van der Waals surface area (Å²) in [6.45, 7) is 0. The highest BCUT2D eigenvalue weighted by atomic mass is 19.1. The number of hydrogen-bond donors (Lipinski definition) is 3. The van der Waals surface area contributed by atoms with Gasteiger partial charge in [-0.3, -0.25) is 9.79 Å². The summed E-state index contributed by atoms with van der Waals surface area (Å²) >= 11 is 0. The Morgan fingerprint density at radius 3 is 2.95 bits per heavy atom. The lowest BCUT2D eigenvalue weighted by Gasteiger charge is -2.07. The van der Waals surface area contributed by atoms with Gasteiger partial charge in [0.05, 0.1) is 23.8 Å². The fourth-order valence-electron chi connectivity index (χ4n) is 1.91. The molecular weight excluding hydrogens is 263 g/mol. The Kier molecular flexibility index (Phi) is 3.74. The lowest BCUT2D eigenvalue weighted by Crippen LogP contribution is -2.15. The Morgan fingerprint density at radius 2 is 2.30 bits per heavy atom. The average Bonchev–Trinajstić information content (AvgIpc) is 2.41. The van der Waals surface area contributed by atoms with Crippen LogP contribution in [0.25, 0.3) is 10.8 Å². The molecule has 0 aliphatic carbocycles. The fraction of sp³-hybridized carbons (Fsp3) is 0.167. The van der Waals surface area contributed by atoms with Crippen molar-refractivity contribution < 1.29 is 4.39 Å². The molecule has 1 aromatic heterocycles. The van der Waals surface area contributed by atoms with E-state index in [9.17, 15) is 9.18 Å². The van der Waals surface area contributed by atoms with Gasteiger partial charge in [-0.25, -0.2) is 14.5 Å². The number of aromatic nitrogens is 2. The number of amidine groups is 1. The number of nitrogens with two attached hydrogens (primary N) is 2. The zero-order valence-electron chi connectivity index (χ0n) is 10.7. The summed E-state index contributed by atoms with van der Waals surface area (Å²) in [5.41, 5.74) is 11.1. The van der Waals surface area contributed by atoms with Gasteiger partial charge in [0.2, 0.25) is 0 Å². The number of halogens is 1. The minimum Gasteiger partial charge on any atom is -0.398 e. The van der Waals surface area contributed by atoms with Crippen LogP contribution < -0.4 is 17.0 Å². The topological polar surface area (TPSA) is 123 Å². The first-order valence-electron chi connectivity index (χ1n) is 5.73. The Hall–Kier alpha value is -2.77. The Bertz CT molecular complexity index is 764. The van der Waals surface area contributed by atoms with E-state index in [-0.39, 0.29) is 17.5 Å². The molecule has 0 fully saturated rings. The number of fused-ring (bicyclic) bond motifs is 1. The number of hydrogen-bond acceptors (Lipinski definition) is 4. The van der Waals surface area contributed by atoms with Crippen molar-refractivity contribution in [2.45, 2.75) is 6.42 Å². The van der Waals surface area contributed by atoms with E-state index in [2.05, 4.69) is 20.2 Å². The molecule has 2 aromatic rings. The van der Waals surface area contributed by atoms with Crippen LogP contribution in [0.1, 0.15) is 5.69 Å². The molecule has 0 spiro atoms. The molecule has 0 saturated heterocycles. The summed E-state index contributed by atoms with van der Waals surface area (Å²) in [6.07, 6.45) is 1.33. The molecule has 1 aromatic carbocycles. The predicted molar refractivity (Wildman–Crippen MR) is 76.5 cm³/mol. The van der Waals surface area contributed by atoms with Gasteiger partial charge >= 0.3 is 0 Å². The molecule has 0 amide bonds. The van der Waals surface area contributed by atoms with Crippen molar-refractivity contribution in [1.29, 1.82) is 0 Å². The largest absolute Gasteiger partial charge is 0.398 e. The summed E-state index contributed by atoms with van der Waals surface area (Å²) in [7, 11) is 1.55. The van der Waals surface area contributed by atoms with Crippen LogP contribution in [0.3, 0.4) is 0 Å². The van der Waals surface area contributed by atoms with Crippen LogP contribution in [0.4, 0.5) is 10.1 Å². The van der Waals surface area contributed by atoms with Gasteiger partial charge in [-0.05, 0) is 12.1 Å². The van der Waals surface area contributed by atoms with Gasteiger partial charge in [0, 0.05) is 18.1 Å². The monoisotopic (exact) mass is 276 g/mol. The number of rotatable bonds is 2. The van der Waals surface area contributed by atoms with Gasteiger partial charge in [0.25, 0.3) is 5.56 Å². The molecule has 0 atom stereocenters. The second kappa shape index (κ2) is 5.47. The molecule has 0 unspecified atom stereocenters. The number of nitrogens with one attached hydrogen (secondary N) is 1. The van der Waals surface area contributed by atoms with Crippen molar-refractivity contribution in [3.63, 3.8) is 0 Å². The zero-order valence-corrected chi connectivity index (χ0v) is 10.7. The number of nitrogens with zero attached hydrogens (tertiary/aromatic N) is 3. The third-order valence-electron chi connectivity index (χ3n) is 2.77. The van der Waals surface area contributed by atoms with E-state index in [1.54, 1.807) is 7.05 Å². The molecule has 0 radical (unpaired) electrons. The molecule has 2 rings (SSSR count). The van der Waals surface area contributed by atoms with Crippen molar-refractivity contribution in [1.82, 2.24) is 10.2 Å². The highest BCUT2D eigenvalue weighted by Gasteiger charge is 2.13. The van der Waals surface area contributed by atoms with Crippen LogP contribution in [-0.4, -0.2) is 29.4 Å². The summed E-state index contributed by atoms with van der Waals surface area (Å²) in [5.74, 6) is -0.168. The van der Waals surface area contributed by atoms with E-state index in [0.717, 1.165) is 18.5 Å². The van der Waals surface area contributed by atoms with Crippen molar-refractivity contribution in [2.75, 3.05) is 12.8 Å². The third kappa shape index (κ3) is 2.48. The highest BCUT2D eigenvalue weighted by Crippen LogP contribution is 2.22. The van der Waals surface area contributed by atoms with Gasteiger partial charge in [0.15, 0.2) is 0 Å². The van der Waals surface area contributed by atoms with Crippen LogP contribution in [-0.2, 0) is 6.42 Å². The predicted octanol–water partition coefficient (Wildman–Crippen LogP) is 0.202. The zero-order chi connectivity index (χ0) is 14.7. The van der Waals surface area contributed by atoms with Gasteiger partial charge < -0.3 is 11.5 Å². The third-order valence-corrected chi connectivity index (χ3v) is 2.77. The number of aromatic amines is 1. The standard InChI is InChI=1S/C12H13FN6O/c1-16-10(17-5-14)4-9-11-7(12(20)19-18-9)2-6(13)3-8(11)15/h2-3,5H,4,15H2,1H3,(H,19,20)(H2,14,16,17). The lowest BCUT2D eigenvalue weighted by atomic mass is 10.1. The van der Waals surface area contributed by atoms with E-state index in [4.69, 9.17) is 11.5 Å². The molecule has 7 nitrogen and oxygen atoms in total. The van der Waals surface area contributed by atoms with E-state index in [0.29, 0.717) is 16.9 Å². The minimum absolute atomic E-state index is 0.139. The number of H-pyrrole nitrogens is 1. The van der Waals surface area contributed by atoms with Crippen molar-refractivity contribution in [2.24, 2.45) is 15.7 Å². The fourth-order valence-corrected chi connectivity index (χ4v) is 1.91. The highest BCUT2D eigenvalue weighted by molar-refractivity contribution is 5.98. The molecule has 20 heavy (non-hydrogen) atoms. The molecular formula is C12H13FN6O. The second-order valence-electron chi connectivity index (χ2n) is 4.01. The molecule has 0 saturated carbocycles. The minimum atomic E-state index is -0.581. The smallest absolute Gasteiger partial charge is 0.272 e. The molecule has 104 valence electrons. The van der Waals surface area contributed by atoms with Gasteiger partial charge in [-0.1, -0.05) is 0 Å². The van der Waals surface area contributed by atoms with Gasteiger partial charge in [-0.15, -0.1) is 0 Å². The molecule has 8 heteroatoms. The maximum Gasteiger partial charge on any atom is 0.272 e. The van der Waals surface area contributed by atoms with E-state index < -0.39 is 11.4 Å². The first kappa shape index (κ1) is 13.7. The van der Waals surface area contributed by atoms with E-state index in [1.807, 2.05) is 0 Å². The van der Waals surface area contributed by atoms with Crippen LogP contribution in [0.5, 0.6) is 0 Å². The van der Waals surface area contributed by atoms with E-state index >= 15 is 0 Å². The van der Waals surface area contributed by atoms with Gasteiger partial charge in [0.1, 0.15) is 11.7 Å². The van der Waals surface area contributed by atoms with Crippen LogP contribution in [0.15, 0.2) is 26.9 Å². The van der Waals surface area contributed by atoms with Crippen molar-refractivity contribution >= 4 is 28.6 Å². The summed E-state index contributed by atoms with van der Waals surface area (Å²) in [5, 5.41) is 6.77. The summed E-state index contributed by atoms with van der Waals surface area (Å²) < 4.78 is 13.3. The van der Waals surface area contributed by atoms with Crippen molar-refractivity contribution in [3.05, 3.63) is 34.0 Å². The number of anilines is 1. The van der Waals surface area contributed by atoms with Gasteiger partial charge in [-0.2, -0.15) is 5.10 Å². The summed E-state index contributed by atoms with van der Waals surface area (Å²) in [6, 6.07) is 2.26. The SMILES string of the molecule is CN=C(Cc1n[nH]c(=O)c2cc(F)cc(N)c12)N=CN. The maximum absolute atomic E-state index is 13.3. The van der Waals surface area contributed by atoms with Crippen LogP contribution in [0, 0.1) is 5.82 Å². The molecule has 1 heterocycles. The molecule has 5 N–H and O–H groups in total. The Labute approximate surface area is 113 Å². The van der Waals surface area contributed by atoms with Crippen molar-refractivity contribution in [3.8, 4) is 0 Å². The first-order valence-corrected chi connectivity index (χ1v) is 5.73. The second-order valence-corrected chi connectivity index (χ2v) is 4.01. The molecule has 0 aliphatic rings. The summed E-state index contributed by atoms with van der Waals surface area (Å²) in [4.78, 5) is 19.5.